The Morgan fingerprint density at radius 2 is 1.22 bits per heavy atom. The maximum Gasteiger partial charge on any atom is 1.00 e. The molecule has 0 saturated heterocycles. The maximum absolute atomic E-state index is 9.67. The van der Waals surface area contributed by atoms with E-state index in [-0.39, 0.29) is 51.4 Å². The van der Waals surface area contributed by atoms with Gasteiger partial charge in [0.05, 0.1) is 0 Å². The molecule has 0 atom stereocenters. The van der Waals surface area contributed by atoms with Gasteiger partial charge in [0, 0.05) is 0 Å². The zero-order chi connectivity index (χ0) is 7.15. The number of rotatable bonds is 0. The van der Waals surface area contributed by atoms with Crippen molar-refractivity contribution in [2.75, 3.05) is 14.1 Å². The number of nitrogens with zero attached hydrogens (tertiary/aromatic N) is 1. The fourth-order valence-electron chi connectivity index (χ4n) is 0. The predicted molar refractivity (Wildman–Crippen MR) is 28.1 cm³/mol. The van der Waals surface area contributed by atoms with Crippen molar-refractivity contribution in [3.8, 4) is 0 Å². The first-order valence-corrected chi connectivity index (χ1v) is 1.87. The molecule has 1 nitrogen and oxygen atoms in total. The van der Waals surface area contributed by atoms with Gasteiger partial charge in [0.25, 0.3) is 0 Å². The second-order valence-corrected chi connectivity index (χ2v) is 1.33. The van der Waals surface area contributed by atoms with Gasteiger partial charge >= 0.3 is 58.9 Å². The quantitative estimate of drug-likeness (QED) is 0.303. The van der Waals surface area contributed by atoms with Gasteiger partial charge in [-0.2, -0.15) is 0 Å². The summed E-state index contributed by atoms with van der Waals surface area (Å²) < 4.78 is 29.0. The molecule has 0 aromatic heterocycles. The van der Waals surface area contributed by atoms with E-state index in [1.54, 1.807) is 4.90 Å². The third-order valence-corrected chi connectivity index (χ3v) is 0. The van der Waals surface area contributed by atoms with Crippen LogP contribution in [-0.4, -0.2) is 26.5 Å². The summed E-state index contributed by atoms with van der Waals surface area (Å²) in [5.41, 5.74) is 0. The predicted octanol–water partition coefficient (Wildman–Crippen LogP) is -1.78. The molecule has 0 radical (unpaired) electrons. The van der Waals surface area contributed by atoms with Crippen molar-refractivity contribution in [1.29, 1.82) is 0 Å². The minimum Gasteiger partial charge on any atom is -0.464 e. The Hall–Kier alpha value is 1.45. The molecule has 0 bridgehead atoms. The minimum atomic E-state index is -3.67. The summed E-state index contributed by atoms with van der Waals surface area (Å²) in [6.07, 6.45) is 0. The van der Waals surface area contributed by atoms with Crippen LogP contribution in [0.5, 0.6) is 0 Å². The van der Waals surface area contributed by atoms with Gasteiger partial charge in [-0.05, 0) is 14.1 Å². The molecule has 0 aliphatic heterocycles. The minimum absolute atomic E-state index is 0. The largest absolute Gasteiger partial charge is 1.00 e. The SMILES string of the molecule is FB(F)F.[CH2-]N(C)C.[K+]. The molecule has 0 N–H and O–H groups in total. The summed E-state index contributed by atoms with van der Waals surface area (Å²) in [7, 11) is 3.58. The molecule has 0 saturated carbocycles. The van der Waals surface area contributed by atoms with Gasteiger partial charge < -0.3 is 4.90 Å². The van der Waals surface area contributed by atoms with Crippen LogP contribution in [0.15, 0.2) is 0 Å². The van der Waals surface area contributed by atoms with Crippen LogP contribution < -0.4 is 51.4 Å². The van der Waals surface area contributed by atoms with Crippen LogP contribution in [0.3, 0.4) is 0 Å². The molecule has 0 spiro atoms. The molecule has 0 heterocycles. The molecule has 0 aromatic carbocycles. The summed E-state index contributed by atoms with van der Waals surface area (Å²) in [5.74, 6) is 0. The van der Waals surface area contributed by atoms with E-state index in [1.807, 2.05) is 14.1 Å². The molecule has 0 rings (SSSR count). The normalized spacial score (nSPS) is 7.00. The van der Waals surface area contributed by atoms with Gasteiger partial charge in [0.15, 0.2) is 0 Å². The summed E-state index contributed by atoms with van der Waals surface area (Å²) in [6.45, 7) is 0. The zero-order valence-corrected chi connectivity index (χ0v) is 8.99. The van der Waals surface area contributed by atoms with Crippen molar-refractivity contribution >= 4 is 7.54 Å². The van der Waals surface area contributed by atoms with E-state index < -0.39 is 7.54 Å². The Morgan fingerprint density at radius 1 is 1.22 bits per heavy atom. The van der Waals surface area contributed by atoms with Crippen molar-refractivity contribution in [3.63, 3.8) is 0 Å². The van der Waals surface area contributed by atoms with Gasteiger partial charge in [0.1, 0.15) is 0 Å². The first kappa shape index (κ1) is 16.8. The fourth-order valence-corrected chi connectivity index (χ4v) is 0. The van der Waals surface area contributed by atoms with E-state index in [9.17, 15) is 12.9 Å². The summed E-state index contributed by atoms with van der Waals surface area (Å²) >= 11 is 0. The second-order valence-electron chi connectivity index (χ2n) is 1.33. The third kappa shape index (κ3) is 249. The van der Waals surface area contributed by atoms with Gasteiger partial charge in [0.2, 0.25) is 0 Å². The van der Waals surface area contributed by atoms with E-state index in [4.69, 9.17) is 0 Å². The van der Waals surface area contributed by atoms with Crippen LogP contribution in [-0.2, 0) is 0 Å². The number of hydrogen-bond acceptors (Lipinski definition) is 1. The van der Waals surface area contributed by atoms with E-state index in [0.717, 1.165) is 0 Å². The monoisotopic (exact) mass is 165 g/mol. The number of hydrogen-bond donors (Lipinski definition) is 0. The molecular weight excluding hydrogens is 157 g/mol. The molecule has 0 amide bonds. The summed E-state index contributed by atoms with van der Waals surface area (Å²) in [4.78, 5) is 1.75. The maximum atomic E-state index is 9.67. The van der Waals surface area contributed by atoms with Gasteiger partial charge in [-0.1, -0.05) is 0 Å². The first-order chi connectivity index (χ1) is 3.46. The zero-order valence-electron chi connectivity index (χ0n) is 5.87. The van der Waals surface area contributed by atoms with Crippen LogP contribution in [0.4, 0.5) is 12.9 Å². The molecule has 6 heteroatoms. The van der Waals surface area contributed by atoms with Crippen molar-refractivity contribution in [3.05, 3.63) is 7.05 Å². The van der Waals surface area contributed by atoms with Gasteiger partial charge in [-0.25, -0.2) is 0 Å². The second kappa shape index (κ2) is 12.2. The molecule has 50 valence electrons. The Kier molecular flexibility index (Phi) is 22.7. The molecule has 9 heavy (non-hydrogen) atoms. The van der Waals surface area contributed by atoms with Gasteiger partial charge in [-0.3, -0.25) is 20.0 Å². The average Bonchev–Trinajstić information content (AvgIpc) is 1.25. The molecule has 0 aliphatic carbocycles. The number of halogens is 3. The Morgan fingerprint density at radius 3 is 1.22 bits per heavy atom. The summed E-state index contributed by atoms with van der Waals surface area (Å²) in [6, 6.07) is 0. The van der Waals surface area contributed by atoms with E-state index in [1.165, 1.54) is 0 Å². The Balaban J connectivity index is -0.0000000720. The standard InChI is InChI=1S/C3H8N.BF3.K/c1-4(2)3;2-1(3)4;/h1H2,2-3H3;;/q-1;;+1. The summed E-state index contributed by atoms with van der Waals surface area (Å²) in [5, 5.41) is 0. The Bertz CT molecular complexity index is 34.5. The third-order valence-electron chi connectivity index (χ3n) is 0. The van der Waals surface area contributed by atoms with E-state index >= 15 is 0 Å². The van der Waals surface area contributed by atoms with Crippen molar-refractivity contribution in [2.24, 2.45) is 0 Å². The van der Waals surface area contributed by atoms with E-state index in [2.05, 4.69) is 7.05 Å². The molecule has 0 aliphatic rings. The van der Waals surface area contributed by atoms with Crippen LogP contribution in [0.25, 0.3) is 0 Å². The van der Waals surface area contributed by atoms with Crippen molar-refractivity contribution in [2.45, 2.75) is 0 Å². The fraction of sp³-hybridized carbons (Fsp3) is 0.667. The van der Waals surface area contributed by atoms with Crippen LogP contribution in [0.2, 0.25) is 0 Å². The topological polar surface area (TPSA) is 3.24 Å². The van der Waals surface area contributed by atoms with Crippen molar-refractivity contribution in [1.82, 2.24) is 4.90 Å². The molecule has 0 aromatic rings. The Labute approximate surface area is 96.6 Å². The molecule has 0 unspecified atom stereocenters. The van der Waals surface area contributed by atoms with Crippen LogP contribution >= 0.6 is 0 Å². The van der Waals surface area contributed by atoms with Gasteiger partial charge in [-0.15, -0.1) is 0 Å². The first-order valence-electron chi connectivity index (χ1n) is 1.87. The molecule has 0 fully saturated rings. The molecular formula is C3H8BF3KN. The average molecular weight is 165 g/mol. The van der Waals surface area contributed by atoms with Crippen LogP contribution in [0, 0.1) is 7.05 Å². The van der Waals surface area contributed by atoms with Crippen molar-refractivity contribution < 1.29 is 64.3 Å². The van der Waals surface area contributed by atoms with Crippen LogP contribution in [0.1, 0.15) is 0 Å². The smallest absolute Gasteiger partial charge is 0.464 e. The van der Waals surface area contributed by atoms with E-state index in [0.29, 0.717) is 0 Å².